The second kappa shape index (κ2) is 11.2. The lowest BCUT2D eigenvalue weighted by atomic mass is 10.2. The van der Waals surface area contributed by atoms with Crippen molar-refractivity contribution in [3.05, 3.63) is 0 Å². The monoisotopic (exact) mass is 292 g/mol. The molecule has 0 spiro atoms. The summed E-state index contributed by atoms with van der Waals surface area (Å²) in [6.45, 7) is 8.30. The molecule has 0 rings (SSSR count). The minimum atomic E-state index is -2.49. The fourth-order valence-corrected chi connectivity index (χ4v) is 4.54. The van der Waals surface area contributed by atoms with Crippen LogP contribution in [0.3, 0.4) is 0 Å². The van der Waals surface area contributed by atoms with Crippen molar-refractivity contribution >= 4 is 14.8 Å². The number of amides is 2. The highest BCUT2D eigenvalue weighted by Crippen LogP contribution is 2.19. The molecule has 7 heteroatoms. The quantitative estimate of drug-likeness (QED) is 0.425. The molecule has 0 aromatic carbocycles. The molecule has 0 aliphatic carbocycles. The Morgan fingerprint density at radius 2 is 1.53 bits per heavy atom. The van der Waals surface area contributed by atoms with Gasteiger partial charge in [-0.15, -0.1) is 0 Å². The number of rotatable bonds is 12. The van der Waals surface area contributed by atoms with E-state index in [0.29, 0.717) is 26.4 Å². The van der Waals surface area contributed by atoms with Crippen LogP contribution >= 0.6 is 0 Å². The third-order valence-electron chi connectivity index (χ3n) is 2.55. The minimum Gasteiger partial charge on any atom is -0.374 e. The minimum absolute atomic E-state index is 0.471. The van der Waals surface area contributed by atoms with Crippen LogP contribution in [-0.4, -0.2) is 41.2 Å². The molecule has 0 saturated carbocycles. The second-order valence-corrected chi connectivity index (χ2v) is 6.82. The average Bonchev–Trinajstić information content (AvgIpc) is 2.34. The van der Waals surface area contributed by atoms with Crippen LogP contribution in [0, 0.1) is 0 Å². The molecule has 114 valence electrons. The highest BCUT2D eigenvalue weighted by molar-refractivity contribution is 6.60. The number of nitrogens with one attached hydrogen (secondary N) is 1. The van der Waals surface area contributed by atoms with Crippen LogP contribution in [0.15, 0.2) is 0 Å². The van der Waals surface area contributed by atoms with Gasteiger partial charge in [0.25, 0.3) is 0 Å². The zero-order valence-electron chi connectivity index (χ0n) is 12.4. The van der Waals surface area contributed by atoms with E-state index in [-0.39, 0.29) is 0 Å². The lowest BCUT2D eigenvalue weighted by Crippen LogP contribution is -2.45. The zero-order valence-corrected chi connectivity index (χ0v) is 13.4. The molecular formula is C12H28N2O4Si. The van der Waals surface area contributed by atoms with Gasteiger partial charge in [0.1, 0.15) is 0 Å². The fourth-order valence-electron chi connectivity index (χ4n) is 1.86. The van der Waals surface area contributed by atoms with E-state index in [0.717, 1.165) is 25.3 Å². The van der Waals surface area contributed by atoms with E-state index < -0.39 is 14.8 Å². The standard InChI is InChI=1S/C12H28N2O4Si/c1-4-16-19(17-5-2,18-6-3)11-9-7-8-10-14-12(13)15/h4-11H2,1-3H3,(H3,13,14,15). The van der Waals surface area contributed by atoms with Crippen molar-refractivity contribution in [3.8, 4) is 0 Å². The maximum atomic E-state index is 10.5. The number of unbranched alkanes of at least 4 members (excludes halogenated alkanes) is 2. The second-order valence-electron chi connectivity index (χ2n) is 4.08. The normalized spacial score (nSPS) is 11.5. The summed E-state index contributed by atoms with van der Waals surface area (Å²) >= 11 is 0. The molecule has 0 saturated heterocycles. The first-order valence-corrected chi connectivity index (χ1v) is 8.98. The van der Waals surface area contributed by atoms with Crippen molar-refractivity contribution in [1.82, 2.24) is 5.32 Å². The average molecular weight is 292 g/mol. The van der Waals surface area contributed by atoms with Crippen LogP contribution in [0.25, 0.3) is 0 Å². The maximum Gasteiger partial charge on any atom is 0.500 e. The van der Waals surface area contributed by atoms with Crippen molar-refractivity contribution < 1.29 is 18.1 Å². The third-order valence-corrected chi connectivity index (χ3v) is 5.70. The highest BCUT2D eigenvalue weighted by Gasteiger charge is 2.39. The van der Waals surface area contributed by atoms with Gasteiger partial charge in [-0.1, -0.05) is 6.42 Å². The van der Waals surface area contributed by atoms with Gasteiger partial charge in [-0.25, -0.2) is 4.79 Å². The van der Waals surface area contributed by atoms with Crippen LogP contribution in [0.1, 0.15) is 40.0 Å². The topological polar surface area (TPSA) is 82.8 Å². The van der Waals surface area contributed by atoms with Gasteiger partial charge < -0.3 is 24.3 Å². The Balaban J connectivity index is 3.99. The first kappa shape index (κ1) is 18.4. The van der Waals surface area contributed by atoms with E-state index in [1.54, 1.807) is 0 Å². The lowest BCUT2D eigenvalue weighted by molar-refractivity contribution is 0.0706. The van der Waals surface area contributed by atoms with Gasteiger partial charge in [-0.05, 0) is 33.6 Å². The number of hydrogen-bond acceptors (Lipinski definition) is 4. The number of primary amides is 1. The molecule has 0 aliphatic rings. The van der Waals surface area contributed by atoms with E-state index in [2.05, 4.69) is 5.32 Å². The van der Waals surface area contributed by atoms with Crippen LogP contribution in [0.5, 0.6) is 0 Å². The first-order chi connectivity index (χ1) is 9.10. The van der Waals surface area contributed by atoms with Crippen LogP contribution in [0.4, 0.5) is 4.79 Å². The highest BCUT2D eigenvalue weighted by atomic mass is 28.4. The van der Waals surface area contributed by atoms with Crippen molar-refractivity contribution in [1.29, 1.82) is 0 Å². The number of hydrogen-bond donors (Lipinski definition) is 2. The Morgan fingerprint density at radius 1 is 1.00 bits per heavy atom. The zero-order chi connectivity index (χ0) is 14.6. The molecule has 0 aromatic rings. The molecule has 0 unspecified atom stereocenters. The van der Waals surface area contributed by atoms with E-state index in [9.17, 15) is 4.79 Å². The summed E-state index contributed by atoms with van der Waals surface area (Å²) in [7, 11) is -2.49. The van der Waals surface area contributed by atoms with Gasteiger partial charge in [-0.2, -0.15) is 0 Å². The number of carbonyl (C=O) groups is 1. The molecule has 0 radical (unpaired) electrons. The molecule has 0 atom stereocenters. The summed E-state index contributed by atoms with van der Waals surface area (Å²) in [6.07, 6.45) is 2.85. The summed E-state index contributed by atoms with van der Waals surface area (Å²) < 4.78 is 17.3. The van der Waals surface area contributed by atoms with E-state index in [1.807, 2.05) is 20.8 Å². The fraction of sp³-hybridized carbons (Fsp3) is 0.917. The van der Waals surface area contributed by atoms with Crippen LogP contribution < -0.4 is 11.1 Å². The van der Waals surface area contributed by atoms with E-state index in [4.69, 9.17) is 19.0 Å². The molecule has 6 nitrogen and oxygen atoms in total. The number of urea groups is 1. The lowest BCUT2D eigenvalue weighted by Gasteiger charge is -2.28. The molecule has 0 heterocycles. The van der Waals surface area contributed by atoms with Gasteiger partial charge >= 0.3 is 14.8 Å². The largest absolute Gasteiger partial charge is 0.500 e. The van der Waals surface area contributed by atoms with Gasteiger partial charge in [0, 0.05) is 32.4 Å². The Labute approximate surface area is 117 Å². The predicted octanol–water partition coefficient (Wildman–Crippen LogP) is 1.87. The van der Waals surface area contributed by atoms with E-state index >= 15 is 0 Å². The predicted molar refractivity (Wildman–Crippen MR) is 76.9 cm³/mol. The van der Waals surface area contributed by atoms with Crippen molar-refractivity contribution in [2.75, 3.05) is 26.4 Å². The summed E-state index contributed by atoms with van der Waals surface area (Å²) in [5, 5.41) is 2.58. The van der Waals surface area contributed by atoms with E-state index in [1.165, 1.54) is 0 Å². The summed E-state index contributed by atoms with van der Waals surface area (Å²) in [4.78, 5) is 10.5. The third kappa shape index (κ3) is 8.98. The Morgan fingerprint density at radius 3 is 1.95 bits per heavy atom. The van der Waals surface area contributed by atoms with Crippen molar-refractivity contribution in [2.24, 2.45) is 5.73 Å². The number of carbonyl (C=O) groups excluding carboxylic acids is 1. The molecule has 2 amide bonds. The molecule has 0 aliphatic heterocycles. The molecule has 3 N–H and O–H groups in total. The van der Waals surface area contributed by atoms with Crippen LogP contribution in [-0.2, 0) is 13.3 Å². The summed E-state index contributed by atoms with van der Waals surface area (Å²) in [5.74, 6) is 0. The van der Waals surface area contributed by atoms with Crippen molar-refractivity contribution in [3.63, 3.8) is 0 Å². The van der Waals surface area contributed by atoms with Crippen molar-refractivity contribution in [2.45, 2.75) is 46.1 Å². The smallest absolute Gasteiger partial charge is 0.374 e. The van der Waals surface area contributed by atoms with Gasteiger partial charge in [-0.3, -0.25) is 0 Å². The molecule has 0 bridgehead atoms. The SMILES string of the molecule is CCO[Si](CCCCCNC(N)=O)(OCC)OCC. The maximum absolute atomic E-state index is 10.5. The van der Waals surface area contributed by atoms with Gasteiger partial charge in [0.2, 0.25) is 0 Å². The van der Waals surface area contributed by atoms with Gasteiger partial charge in [0.15, 0.2) is 0 Å². The van der Waals surface area contributed by atoms with Crippen LogP contribution in [0.2, 0.25) is 6.04 Å². The molecule has 19 heavy (non-hydrogen) atoms. The first-order valence-electron chi connectivity index (χ1n) is 7.05. The Bertz CT molecular complexity index is 225. The molecule has 0 fully saturated rings. The molecule has 0 aromatic heterocycles. The molecular weight excluding hydrogens is 264 g/mol. The number of nitrogens with two attached hydrogens (primary N) is 1. The summed E-state index contributed by atoms with van der Waals surface area (Å²) in [5.41, 5.74) is 4.99. The Hall–Kier alpha value is -0.633. The van der Waals surface area contributed by atoms with Gasteiger partial charge in [0.05, 0.1) is 0 Å². The Kier molecular flexibility index (Phi) is 10.8. The summed E-state index contributed by atoms with van der Waals surface area (Å²) in [6, 6.07) is 0.348.